The lowest BCUT2D eigenvalue weighted by molar-refractivity contribution is 0.0698. The van der Waals surface area contributed by atoms with Crippen LogP contribution >= 0.6 is 0 Å². The number of pyridine rings is 1. The zero-order valence-corrected chi connectivity index (χ0v) is 13.5. The van der Waals surface area contributed by atoms with Gasteiger partial charge in [-0.25, -0.2) is 14.3 Å². The number of carbonyl (C=O) groups is 1. The number of carboxylic acids is 1. The molecule has 0 atom stereocenters. The summed E-state index contributed by atoms with van der Waals surface area (Å²) in [5.74, 6) is -0.500. The lowest BCUT2D eigenvalue weighted by Gasteiger charge is -2.02. The highest BCUT2D eigenvalue weighted by atomic mass is 16.4. The maximum absolute atomic E-state index is 11.4. The number of aromatic carboxylic acids is 1. The molecule has 25 heavy (non-hydrogen) atoms. The molecule has 4 aromatic rings. The molecule has 0 aliphatic rings. The molecule has 0 bridgehead atoms. The minimum absolute atomic E-state index is 0.152. The van der Waals surface area contributed by atoms with Gasteiger partial charge in [0, 0.05) is 11.8 Å². The average molecular weight is 329 g/mol. The van der Waals surface area contributed by atoms with Gasteiger partial charge in [-0.15, -0.1) is 5.10 Å². The van der Waals surface area contributed by atoms with Crippen molar-refractivity contribution in [1.82, 2.24) is 14.6 Å². The molecular weight excluding hydrogens is 314 g/mol. The molecule has 0 amide bonds. The Balaban J connectivity index is 1.77. The Labute approximate surface area is 144 Å². The number of hydrogen-bond donors (Lipinski definition) is 1. The Morgan fingerprint density at radius 2 is 1.60 bits per heavy atom. The van der Waals surface area contributed by atoms with Crippen LogP contribution in [0.3, 0.4) is 0 Å². The van der Waals surface area contributed by atoms with E-state index in [1.807, 2.05) is 49.4 Å². The van der Waals surface area contributed by atoms with Gasteiger partial charge in [-0.2, -0.15) is 0 Å². The van der Waals surface area contributed by atoms with Gasteiger partial charge in [0.05, 0.1) is 0 Å². The van der Waals surface area contributed by atoms with E-state index >= 15 is 0 Å². The molecule has 0 saturated heterocycles. The Kier molecular flexibility index (Phi) is 3.54. The van der Waals surface area contributed by atoms with Crippen LogP contribution in [-0.2, 0) is 0 Å². The van der Waals surface area contributed by atoms with Gasteiger partial charge in [0.25, 0.3) is 0 Å². The van der Waals surface area contributed by atoms with Crippen molar-refractivity contribution in [2.75, 3.05) is 0 Å². The minimum atomic E-state index is -1.01. The largest absolute Gasteiger partial charge is 0.478 e. The highest BCUT2D eigenvalue weighted by Crippen LogP contribution is 2.24. The SMILES string of the molecule is Cc1cc(C(=O)O)c2nc(-c3ccc(-c4ccccc4)cc3)nn2c1. The normalized spacial score (nSPS) is 10.9. The van der Waals surface area contributed by atoms with E-state index in [0.29, 0.717) is 11.5 Å². The first-order valence-electron chi connectivity index (χ1n) is 7.88. The molecule has 0 saturated carbocycles. The van der Waals surface area contributed by atoms with Gasteiger partial charge in [0.15, 0.2) is 11.5 Å². The van der Waals surface area contributed by atoms with E-state index in [9.17, 15) is 9.90 Å². The number of benzene rings is 2. The third-order valence-electron chi connectivity index (χ3n) is 4.05. The molecule has 5 heteroatoms. The summed E-state index contributed by atoms with van der Waals surface area (Å²) in [6.45, 7) is 1.84. The molecule has 1 N–H and O–H groups in total. The van der Waals surface area contributed by atoms with Gasteiger partial charge in [-0.05, 0) is 29.7 Å². The lowest BCUT2D eigenvalue weighted by atomic mass is 10.0. The van der Waals surface area contributed by atoms with Gasteiger partial charge in [0.1, 0.15) is 5.56 Å². The van der Waals surface area contributed by atoms with Crippen molar-refractivity contribution in [1.29, 1.82) is 0 Å². The average Bonchev–Trinajstić information content (AvgIpc) is 3.05. The first-order chi connectivity index (χ1) is 12.1. The molecule has 5 nitrogen and oxygen atoms in total. The van der Waals surface area contributed by atoms with Crippen molar-refractivity contribution in [2.24, 2.45) is 0 Å². The molecule has 0 radical (unpaired) electrons. The topological polar surface area (TPSA) is 67.5 Å². The number of nitrogens with zero attached hydrogens (tertiary/aromatic N) is 3. The molecule has 2 heterocycles. The van der Waals surface area contributed by atoms with E-state index < -0.39 is 5.97 Å². The summed E-state index contributed by atoms with van der Waals surface area (Å²) in [7, 11) is 0. The third kappa shape index (κ3) is 2.76. The van der Waals surface area contributed by atoms with Crippen molar-refractivity contribution in [2.45, 2.75) is 6.92 Å². The number of aromatic nitrogens is 3. The van der Waals surface area contributed by atoms with Crippen LogP contribution in [0.2, 0.25) is 0 Å². The molecular formula is C20H15N3O2. The summed E-state index contributed by atoms with van der Waals surface area (Å²) in [6.07, 6.45) is 1.77. The minimum Gasteiger partial charge on any atom is -0.478 e. The van der Waals surface area contributed by atoms with Gasteiger partial charge in [0.2, 0.25) is 0 Å². The van der Waals surface area contributed by atoms with E-state index in [0.717, 1.165) is 22.3 Å². The predicted molar refractivity (Wildman–Crippen MR) is 95.6 cm³/mol. The van der Waals surface area contributed by atoms with Crippen molar-refractivity contribution in [3.05, 3.63) is 78.0 Å². The van der Waals surface area contributed by atoms with Crippen molar-refractivity contribution in [3.63, 3.8) is 0 Å². The molecule has 0 aliphatic heterocycles. The standard InChI is InChI=1S/C20H15N3O2/c1-13-11-17(20(24)25)19-21-18(22-23(19)12-13)16-9-7-15(8-10-16)14-5-3-2-4-6-14/h2-12H,1H3,(H,24,25). The van der Waals surface area contributed by atoms with E-state index in [4.69, 9.17) is 0 Å². The molecule has 2 aromatic carbocycles. The quantitative estimate of drug-likeness (QED) is 0.615. The maximum Gasteiger partial charge on any atom is 0.339 e. The van der Waals surface area contributed by atoms with Crippen LogP contribution in [0, 0.1) is 6.92 Å². The van der Waals surface area contributed by atoms with E-state index in [1.165, 1.54) is 4.52 Å². The molecule has 2 aromatic heterocycles. The first-order valence-corrected chi connectivity index (χ1v) is 7.88. The summed E-state index contributed by atoms with van der Waals surface area (Å²) in [5, 5.41) is 13.8. The summed E-state index contributed by atoms with van der Waals surface area (Å²) in [4.78, 5) is 15.9. The number of rotatable bonds is 3. The second-order valence-corrected chi connectivity index (χ2v) is 5.88. The van der Waals surface area contributed by atoms with Crippen LogP contribution in [-0.4, -0.2) is 25.7 Å². The van der Waals surface area contributed by atoms with Crippen LogP contribution in [0.4, 0.5) is 0 Å². The van der Waals surface area contributed by atoms with E-state index in [-0.39, 0.29) is 5.56 Å². The van der Waals surface area contributed by atoms with Crippen LogP contribution in [0.25, 0.3) is 28.2 Å². The van der Waals surface area contributed by atoms with Crippen molar-refractivity contribution in [3.8, 4) is 22.5 Å². The second kappa shape index (κ2) is 5.87. The smallest absolute Gasteiger partial charge is 0.339 e. The molecule has 0 unspecified atom stereocenters. The molecule has 0 aliphatic carbocycles. The van der Waals surface area contributed by atoms with Crippen LogP contribution in [0.15, 0.2) is 66.9 Å². The fourth-order valence-corrected chi connectivity index (χ4v) is 2.84. The summed E-state index contributed by atoms with van der Waals surface area (Å²) < 4.78 is 1.53. The predicted octanol–water partition coefficient (Wildman–Crippen LogP) is 4.07. The fourth-order valence-electron chi connectivity index (χ4n) is 2.84. The Morgan fingerprint density at radius 1 is 0.960 bits per heavy atom. The Hall–Kier alpha value is -3.47. The zero-order chi connectivity index (χ0) is 17.4. The maximum atomic E-state index is 11.4. The number of fused-ring (bicyclic) bond motifs is 1. The highest BCUT2D eigenvalue weighted by molar-refractivity contribution is 5.94. The summed E-state index contributed by atoms with van der Waals surface area (Å²) in [5.41, 5.74) is 4.41. The fraction of sp³-hybridized carbons (Fsp3) is 0.0500. The van der Waals surface area contributed by atoms with E-state index in [2.05, 4.69) is 22.2 Å². The zero-order valence-electron chi connectivity index (χ0n) is 13.5. The van der Waals surface area contributed by atoms with Crippen molar-refractivity contribution < 1.29 is 9.90 Å². The second-order valence-electron chi connectivity index (χ2n) is 5.88. The van der Waals surface area contributed by atoms with Gasteiger partial charge < -0.3 is 5.11 Å². The summed E-state index contributed by atoms with van der Waals surface area (Å²) >= 11 is 0. The number of hydrogen-bond acceptors (Lipinski definition) is 3. The Bertz CT molecular complexity index is 1070. The molecule has 0 spiro atoms. The van der Waals surface area contributed by atoms with Gasteiger partial charge in [-0.1, -0.05) is 54.6 Å². The molecule has 0 fully saturated rings. The number of aryl methyl sites for hydroxylation is 1. The third-order valence-corrected chi connectivity index (χ3v) is 4.05. The van der Waals surface area contributed by atoms with Gasteiger partial charge in [-0.3, -0.25) is 0 Å². The van der Waals surface area contributed by atoms with Crippen LogP contribution in [0.5, 0.6) is 0 Å². The lowest BCUT2D eigenvalue weighted by Crippen LogP contribution is -2.02. The Morgan fingerprint density at radius 3 is 2.28 bits per heavy atom. The monoisotopic (exact) mass is 329 g/mol. The van der Waals surface area contributed by atoms with Crippen LogP contribution < -0.4 is 0 Å². The first kappa shape index (κ1) is 15.1. The molecule has 122 valence electrons. The van der Waals surface area contributed by atoms with Crippen molar-refractivity contribution >= 4 is 11.6 Å². The van der Waals surface area contributed by atoms with Gasteiger partial charge >= 0.3 is 5.97 Å². The van der Waals surface area contributed by atoms with E-state index in [1.54, 1.807) is 12.3 Å². The summed E-state index contributed by atoms with van der Waals surface area (Å²) in [6, 6.07) is 19.6. The molecule has 4 rings (SSSR count). The van der Waals surface area contributed by atoms with Crippen LogP contribution in [0.1, 0.15) is 15.9 Å². The number of carboxylic acid groups (broad SMARTS) is 1. The highest BCUT2D eigenvalue weighted by Gasteiger charge is 2.15.